The van der Waals surface area contributed by atoms with Crippen molar-refractivity contribution in [1.29, 1.82) is 0 Å². The summed E-state index contributed by atoms with van der Waals surface area (Å²) >= 11 is 0. The third kappa shape index (κ3) is 4.51. The molecule has 6 nitrogen and oxygen atoms in total. The van der Waals surface area contributed by atoms with Crippen LogP contribution in [0.3, 0.4) is 0 Å². The predicted octanol–water partition coefficient (Wildman–Crippen LogP) is 2.11. The first-order chi connectivity index (χ1) is 10.7. The van der Waals surface area contributed by atoms with E-state index in [-0.39, 0.29) is 0 Å². The lowest BCUT2D eigenvalue weighted by Gasteiger charge is -2.11. The van der Waals surface area contributed by atoms with Gasteiger partial charge in [0.2, 0.25) is 0 Å². The van der Waals surface area contributed by atoms with E-state index in [0.29, 0.717) is 19.0 Å². The molecular formula is C16H22N4O2. The molecule has 1 aromatic heterocycles. The monoisotopic (exact) mass is 302 g/mol. The number of aliphatic imine (C=N–C) groups is 1. The average molecular weight is 302 g/mol. The number of ether oxygens (including phenoxy) is 1. The molecule has 0 saturated heterocycles. The van der Waals surface area contributed by atoms with E-state index in [4.69, 9.17) is 9.26 Å². The molecule has 6 heteroatoms. The molecule has 0 amide bonds. The van der Waals surface area contributed by atoms with Crippen LogP contribution in [0.1, 0.15) is 23.9 Å². The molecule has 0 fully saturated rings. The molecule has 0 bridgehead atoms. The molecular weight excluding hydrogens is 280 g/mol. The standard InChI is InChI=1S/C16H22N4O2/c1-4-13-9-15(22-20-13)11-19-16(17-2)18-10-12-6-5-7-14(8-12)21-3/h5-9H,4,10-11H2,1-3H3,(H2,17,18,19). The van der Waals surface area contributed by atoms with Crippen molar-refractivity contribution in [1.82, 2.24) is 15.8 Å². The van der Waals surface area contributed by atoms with Gasteiger partial charge in [0.15, 0.2) is 11.7 Å². The van der Waals surface area contributed by atoms with Gasteiger partial charge in [-0.15, -0.1) is 0 Å². The summed E-state index contributed by atoms with van der Waals surface area (Å²) in [7, 11) is 3.40. The number of nitrogens with zero attached hydrogens (tertiary/aromatic N) is 2. The van der Waals surface area contributed by atoms with Gasteiger partial charge in [0.05, 0.1) is 19.3 Å². The second kappa shape index (κ2) is 8.07. The lowest BCUT2D eigenvalue weighted by molar-refractivity contribution is 0.374. The maximum atomic E-state index is 5.23. The SMILES string of the molecule is CCc1cc(CNC(=NC)NCc2cccc(OC)c2)on1. The number of hydrogen-bond donors (Lipinski definition) is 2. The van der Waals surface area contributed by atoms with Crippen molar-refractivity contribution in [3.63, 3.8) is 0 Å². The molecule has 1 heterocycles. The molecule has 0 radical (unpaired) electrons. The summed E-state index contributed by atoms with van der Waals surface area (Å²) in [6.07, 6.45) is 0.867. The van der Waals surface area contributed by atoms with Gasteiger partial charge in [0.1, 0.15) is 5.75 Å². The Kier molecular flexibility index (Phi) is 5.82. The Morgan fingerprint density at radius 2 is 2.09 bits per heavy atom. The number of rotatable bonds is 6. The van der Waals surface area contributed by atoms with Gasteiger partial charge in [-0.2, -0.15) is 0 Å². The molecule has 0 aliphatic rings. The zero-order chi connectivity index (χ0) is 15.8. The van der Waals surface area contributed by atoms with Crippen LogP contribution in [0.4, 0.5) is 0 Å². The lowest BCUT2D eigenvalue weighted by Crippen LogP contribution is -2.36. The summed E-state index contributed by atoms with van der Waals surface area (Å²) in [5.74, 6) is 2.34. The summed E-state index contributed by atoms with van der Waals surface area (Å²) in [6.45, 7) is 3.25. The first-order valence-electron chi connectivity index (χ1n) is 7.27. The molecule has 118 valence electrons. The zero-order valence-corrected chi connectivity index (χ0v) is 13.2. The number of benzene rings is 1. The summed E-state index contributed by atoms with van der Waals surface area (Å²) in [6, 6.07) is 9.86. The minimum atomic E-state index is 0.546. The van der Waals surface area contributed by atoms with Gasteiger partial charge in [0, 0.05) is 19.7 Å². The zero-order valence-electron chi connectivity index (χ0n) is 13.2. The fourth-order valence-corrected chi connectivity index (χ4v) is 1.97. The predicted molar refractivity (Wildman–Crippen MR) is 85.9 cm³/mol. The number of guanidine groups is 1. The minimum absolute atomic E-state index is 0.546. The highest BCUT2D eigenvalue weighted by molar-refractivity contribution is 5.79. The van der Waals surface area contributed by atoms with Gasteiger partial charge < -0.3 is 19.9 Å². The Labute approximate surface area is 130 Å². The maximum Gasteiger partial charge on any atom is 0.191 e. The van der Waals surface area contributed by atoms with Crippen LogP contribution in [0, 0.1) is 0 Å². The van der Waals surface area contributed by atoms with E-state index >= 15 is 0 Å². The first-order valence-corrected chi connectivity index (χ1v) is 7.27. The number of aromatic nitrogens is 1. The van der Waals surface area contributed by atoms with Crippen molar-refractivity contribution < 1.29 is 9.26 Å². The fourth-order valence-electron chi connectivity index (χ4n) is 1.97. The van der Waals surface area contributed by atoms with Crippen molar-refractivity contribution in [3.05, 3.63) is 47.3 Å². The van der Waals surface area contributed by atoms with Crippen LogP contribution < -0.4 is 15.4 Å². The fraction of sp³-hybridized carbons (Fsp3) is 0.375. The summed E-state index contributed by atoms with van der Waals surface area (Å²) < 4.78 is 10.4. The molecule has 2 N–H and O–H groups in total. The quantitative estimate of drug-likeness (QED) is 0.631. The van der Waals surface area contributed by atoms with Crippen LogP contribution in [0.5, 0.6) is 5.75 Å². The second-order valence-electron chi connectivity index (χ2n) is 4.77. The molecule has 0 atom stereocenters. The number of aryl methyl sites for hydroxylation is 1. The van der Waals surface area contributed by atoms with Crippen LogP contribution in [0.25, 0.3) is 0 Å². The lowest BCUT2D eigenvalue weighted by atomic mass is 10.2. The van der Waals surface area contributed by atoms with Crippen molar-refractivity contribution in [3.8, 4) is 5.75 Å². The van der Waals surface area contributed by atoms with Crippen LogP contribution in [0.15, 0.2) is 39.8 Å². The first kappa shape index (κ1) is 15.9. The molecule has 22 heavy (non-hydrogen) atoms. The Morgan fingerprint density at radius 1 is 1.27 bits per heavy atom. The largest absolute Gasteiger partial charge is 0.497 e. The Hall–Kier alpha value is -2.50. The normalized spacial score (nSPS) is 11.3. The molecule has 2 rings (SSSR count). The van der Waals surface area contributed by atoms with Crippen molar-refractivity contribution in [2.24, 2.45) is 4.99 Å². The highest BCUT2D eigenvalue weighted by atomic mass is 16.5. The summed E-state index contributed by atoms with van der Waals surface area (Å²) in [5.41, 5.74) is 2.08. The van der Waals surface area contributed by atoms with Crippen LogP contribution >= 0.6 is 0 Å². The Balaban J connectivity index is 1.84. The smallest absolute Gasteiger partial charge is 0.191 e. The van der Waals surface area contributed by atoms with E-state index in [2.05, 4.69) is 20.8 Å². The summed E-state index contributed by atoms with van der Waals surface area (Å²) in [4.78, 5) is 4.19. The van der Waals surface area contributed by atoms with Crippen LogP contribution in [0.2, 0.25) is 0 Å². The number of nitrogens with one attached hydrogen (secondary N) is 2. The van der Waals surface area contributed by atoms with Crippen molar-refractivity contribution in [2.45, 2.75) is 26.4 Å². The molecule has 0 saturated carbocycles. The van der Waals surface area contributed by atoms with E-state index in [0.717, 1.165) is 29.2 Å². The van der Waals surface area contributed by atoms with Gasteiger partial charge in [-0.25, -0.2) is 0 Å². The van der Waals surface area contributed by atoms with Crippen LogP contribution in [-0.4, -0.2) is 25.3 Å². The number of methoxy groups -OCH3 is 1. The highest BCUT2D eigenvalue weighted by Crippen LogP contribution is 2.12. The van der Waals surface area contributed by atoms with E-state index < -0.39 is 0 Å². The second-order valence-corrected chi connectivity index (χ2v) is 4.77. The highest BCUT2D eigenvalue weighted by Gasteiger charge is 2.04. The number of hydrogen-bond acceptors (Lipinski definition) is 4. The third-order valence-corrected chi connectivity index (χ3v) is 3.22. The van der Waals surface area contributed by atoms with Crippen molar-refractivity contribution in [2.75, 3.05) is 14.2 Å². The van der Waals surface area contributed by atoms with Crippen molar-refractivity contribution >= 4 is 5.96 Å². The van der Waals surface area contributed by atoms with Gasteiger partial charge >= 0.3 is 0 Å². The topological polar surface area (TPSA) is 71.7 Å². The minimum Gasteiger partial charge on any atom is -0.497 e. The average Bonchev–Trinajstić information content (AvgIpc) is 3.03. The molecule has 0 unspecified atom stereocenters. The van der Waals surface area contributed by atoms with Gasteiger partial charge in [0.25, 0.3) is 0 Å². The Morgan fingerprint density at radius 3 is 2.77 bits per heavy atom. The van der Waals surface area contributed by atoms with Gasteiger partial charge in [-0.1, -0.05) is 24.2 Å². The molecule has 0 aliphatic carbocycles. The maximum absolute atomic E-state index is 5.23. The van der Waals surface area contributed by atoms with E-state index in [1.54, 1.807) is 14.2 Å². The van der Waals surface area contributed by atoms with Gasteiger partial charge in [-0.05, 0) is 24.1 Å². The summed E-state index contributed by atoms with van der Waals surface area (Å²) in [5, 5.41) is 10.4. The Bertz CT molecular complexity index is 622. The van der Waals surface area contributed by atoms with E-state index in [1.165, 1.54) is 0 Å². The third-order valence-electron chi connectivity index (χ3n) is 3.22. The molecule has 2 aromatic rings. The van der Waals surface area contributed by atoms with E-state index in [1.807, 2.05) is 37.3 Å². The van der Waals surface area contributed by atoms with Gasteiger partial charge in [-0.3, -0.25) is 4.99 Å². The molecule has 0 spiro atoms. The molecule has 1 aromatic carbocycles. The van der Waals surface area contributed by atoms with Crippen LogP contribution in [-0.2, 0) is 19.5 Å². The molecule has 0 aliphatic heterocycles. The van der Waals surface area contributed by atoms with E-state index in [9.17, 15) is 0 Å².